The van der Waals surface area contributed by atoms with Gasteiger partial charge in [-0.15, -0.1) is 0 Å². The van der Waals surface area contributed by atoms with Gasteiger partial charge in [0.25, 0.3) is 0 Å². The molecule has 0 saturated carbocycles. The van der Waals surface area contributed by atoms with Crippen LogP contribution >= 0.6 is 8.58 Å². The van der Waals surface area contributed by atoms with Gasteiger partial charge in [0.05, 0.1) is 5.54 Å². The summed E-state index contributed by atoms with van der Waals surface area (Å²) in [6.45, 7) is 10.7. The highest BCUT2D eigenvalue weighted by Gasteiger charge is 2.28. The van der Waals surface area contributed by atoms with Crippen molar-refractivity contribution >= 4 is 20.1 Å². The lowest BCUT2D eigenvalue weighted by atomic mass is 9.96. The van der Waals surface area contributed by atoms with Crippen molar-refractivity contribution in [3.63, 3.8) is 0 Å². The second kappa shape index (κ2) is 7.49. The largest absolute Gasteiger partial charge is 0.508 e. The lowest BCUT2D eigenvalue weighted by Crippen LogP contribution is -2.20. The summed E-state index contributed by atoms with van der Waals surface area (Å²) in [5.74, 6) is 0.384. The van der Waals surface area contributed by atoms with Gasteiger partial charge >= 0.3 is 0 Å². The molecule has 128 valence electrons. The molecule has 2 atom stereocenters. The fourth-order valence-corrected chi connectivity index (χ4v) is 4.16. The summed E-state index contributed by atoms with van der Waals surface area (Å²) in [4.78, 5) is 4.66. The van der Waals surface area contributed by atoms with E-state index in [9.17, 15) is 5.11 Å². The molecule has 0 radical (unpaired) electrons. The Kier molecular flexibility index (Phi) is 5.83. The van der Waals surface area contributed by atoms with E-state index in [1.807, 2.05) is 24.4 Å². The van der Waals surface area contributed by atoms with Gasteiger partial charge in [-0.1, -0.05) is 64.9 Å². The Morgan fingerprint density at radius 3 is 2.25 bits per heavy atom. The van der Waals surface area contributed by atoms with E-state index < -0.39 is 0 Å². The van der Waals surface area contributed by atoms with Gasteiger partial charge in [0.15, 0.2) is 0 Å². The lowest BCUT2D eigenvalue weighted by Gasteiger charge is -2.30. The van der Waals surface area contributed by atoms with E-state index in [2.05, 4.69) is 63.9 Å². The van der Waals surface area contributed by atoms with E-state index in [-0.39, 0.29) is 10.7 Å². The summed E-state index contributed by atoms with van der Waals surface area (Å²) in [5, 5.41) is 11.5. The van der Waals surface area contributed by atoms with Crippen molar-refractivity contribution in [1.29, 1.82) is 0 Å². The van der Waals surface area contributed by atoms with Crippen molar-refractivity contribution in [1.82, 2.24) is 0 Å². The Bertz CT molecular complexity index is 718. The molecule has 0 aromatic heterocycles. The zero-order chi connectivity index (χ0) is 17.8. The average Bonchev–Trinajstić information content (AvgIpc) is 2.53. The summed E-state index contributed by atoms with van der Waals surface area (Å²) in [7, 11) is 0.563. The van der Waals surface area contributed by atoms with Crippen molar-refractivity contribution in [2.75, 3.05) is 0 Å². The van der Waals surface area contributed by atoms with Gasteiger partial charge in [0, 0.05) is 16.9 Å². The van der Waals surface area contributed by atoms with Gasteiger partial charge in [-0.05, 0) is 44.1 Å². The van der Waals surface area contributed by atoms with E-state index in [1.54, 1.807) is 6.07 Å². The van der Waals surface area contributed by atoms with Crippen molar-refractivity contribution in [2.24, 2.45) is 4.99 Å². The number of phenols is 1. The van der Waals surface area contributed by atoms with E-state index in [1.165, 1.54) is 10.9 Å². The average molecular weight is 341 g/mol. The first-order valence-corrected chi connectivity index (χ1v) is 9.46. The number of rotatable bonds is 5. The van der Waals surface area contributed by atoms with Crippen molar-refractivity contribution in [3.8, 4) is 5.75 Å². The van der Waals surface area contributed by atoms with Crippen molar-refractivity contribution < 1.29 is 5.11 Å². The van der Waals surface area contributed by atoms with Crippen molar-refractivity contribution in [2.45, 2.75) is 51.7 Å². The van der Waals surface area contributed by atoms with Crippen LogP contribution in [0.2, 0.25) is 0 Å². The SMILES string of the molecule is CCC(C)(Pc1ccccc1/C=N/C(C)(C)C)c1ccccc1O. The van der Waals surface area contributed by atoms with Crippen LogP contribution < -0.4 is 5.30 Å². The molecule has 0 heterocycles. The maximum Gasteiger partial charge on any atom is 0.119 e. The van der Waals surface area contributed by atoms with Gasteiger partial charge < -0.3 is 5.11 Å². The highest BCUT2D eigenvalue weighted by atomic mass is 31.1. The number of phenolic OH excluding ortho intramolecular Hbond substituents is 1. The minimum absolute atomic E-state index is 0.0814. The van der Waals surface area contributed by atoms with E-state index in [0.717, 1.165) is 12.0 Å². The second-order valence-electron chi connectivity index (χ2n) is 7.34. The molecule has 0 amide bonds. The molecule has 2 aromatic rings. The third-order valence-electron chi connectivity index (χ3n) is 4.17. The molecule has 0 aliphatic carbocycles. The van der Waals surface area contributed by atoms with Crippen LogP contribution in [0.4, 0.5) is 0 Å². The molecule has 3 heteroatoms. The molecular formula is C21H28NOP. The number of hydrogen-bond acceptors (Lipinski definition) is 2. The van der Waals surface area contributed by atoms with Crippen LogP contribution in [0, 0.1) is 0 Å². The van der Waals surface area contributed by atoms with Gasteiger partial charge in [0.1, 0.15) is 5.75 Å². The molecule has 2 rings (SSSR count). The number of nitrogens with zero attached hydrogens (tertiary/aromatic N) is 1. The van der Waals surface area contributed by atoms with Crippen molar-refractivity contribution in [3.05, 3.63) is 59.7 Å². The topological polar surface area (TPSA) is 32.6 Å². The fourth-order valence-electron chi connectivity index (χ4n) is 2.57. The van der Waals surface area contributed by atoms with E-state index in [4.69, 9.17) is 0 Å². The van der Waals surface area contributed by atoms with E-state index in [0.29, 0.717) is 14.3 Å². The molecule has 0 spiro atoms. The predicted octanol–water partition coefficient (Wildman–Crippen LogP) is 5.24. The quantitative estimate of drug-likeness (QED) is 0.585. The highest BCUT2D eigenvalue weighted by Crippen LogP contribution is 2.47. The van der Waals surface area contributed by atoms with E-state index >= 15 is 0 Å². The molecule has 0 bridgehead atoms. The summed E-state index contributed by atoms with van der Waals surface area (Å²) in [5.41, 5.74) is 2.11. The molecule has 2 unspecified atom stereocenters. The molecule has 24 heavy (non-hydrogen) atoms. The summed E-state index contributed by atoms with van der Waals surface area (Å²) in [6.07, 6.45) is 2.96. The van der Waals surface area contributed by atoms with Crippen LogP contribution in [-0.2, 0) is 5.16 Å². The Labute approximate surface area is 147 Å². The first-order chi connectivity index (χ1) is 11.2. The van der Waals surface area contributed by atoms with Gasteiger partial charge in [-0.2, -0.15) is 0 Å². The number of para-hydroxylation sites is 1. The molecular weight excluding hydrogens is 313 g/mol. The zero-order valence-electron chi connectivity index (χ0n) is 15.3. The predicted molar refractivity (Wildman–Crippen MR) is 107 cm³/mol. The monoisotopic (exact) mass is 341 g/mol. The van der Waals surface area contributed by atoms with Gasteiger partial charge in [-0.3, -0.25) is 4.99 Å². The number of benzene rings is 2. The molecule has 0 fully saturated rings. The standard InChI is InChI=1S/C21H28NOP/c1-6-21(5,17-12-8-9-13-18(17)23)24-19-14-10-7-11-16(19)15-22-20(2,3)4/h7-15,23-24H,6H2,1-5H3/b22-15+. The van der Waals surface area contributed by atoms with Gasteiger partial charge in [0.2, 0.25) is 0 Å². The first-order valence-electron chi connectivity index (χ1n) is 8.46. The summed E-state index contributed by atoms with van der Waals surface area (Å²) >= 11 is 0. The third-order valence-corrected chi connectivity index (χ3v) is 6.07. The minimum Gasteiger partial charge on any atom is -0.508 e. The summed E-state index contributed by atoms with van der Waals surface area (Å²) in [6, 6.07) is 16.1. The number of aliphatic imine (C=N–C) groups is 1. The van der Waals surface area contributed by atoms with Crippen LogP contribution in [0.25, 0.3) is 0 Å². The maximum absolute atomic E-state index is 10.3. The zero-order valence-corrected chi connectivity index (χ0v) is 16.3. The van der Waals surface area contributed by atoms with Crippen LogP contribution in [-0.4, -0.2) is 16.9 Å². The van der Waals surface area contributed by atoms with Crippen LogP contribution in [0.3, 0.4) is 0 Å². The molecule has 0 aliphatic heterocycles. The van der Waals surface area contributed by atoms with Crippen LogP contribution in [0.1, 0.15) is 52.2 Å². The Hall–Kier alpha value is -1.66. The first kappa shape index (κ1) is 18.7. The molecule has 0 aliphatic rings. The van der Waals surface area contributed by atoms with Gasteiger partial charge in [-0.25, -0.2) is 0 Å². The normalized spacial score (nSPS) is 15.2. The third kappa shape index (κ3) is 4.68. The minimum atomic E-state index is -0.0863. The van der Waals surface area contributed by atoms with Crippen LogP contribution in [0.5, 0.6) is 5.75 Å². The number of aromatic hydroxyl groups is 1. The number of hydrogen-bond donors (Lipinski definition) is 1. The molecule has 1 N–H and O–H groups in total. The molecule has 0 saturated heterocycles. The smallest absolute Gasteiger partial charge is 0.119 e. The Morgan fingerprint density at radius 1 is 1.00 bits per heavy atom. The second-order valence-corrected chi connectivity index (χ2v) is 9.24. The van der Waals surface area contributed by atoms with Crippen LogP contribution in [0.15, 0.2) is 53.5 Å². The maximum atomic E-state index is 10.3. The Morgan fingerprint density at radius 2 is 1.62 bits per heavy atom. The Balaban J connectivity index is 2.39. The lowest BCUT2D eigenvalue weighted by molar-refractivity contribution is 0.457. The molecule has 2 aromatic carbocycles. The highest BCUT2D eigenvalue weighted by molar-refractivity contribution is 7.48. The fraction of sp³-hybridized carbons (Fsp3) is 0.381. The summed E-state index contributed by atoms with van der Waals surface area (Å²) < 4.78 is 0. The molecule has 2 nitrogen and oxygen atoms in total.